The molecule has 2 aromatic carbocycles. The summed E-state index contributed by atoms with van der Waals surface area (Å²) in [4.78, 5) is 11.4. The van der Waals surface area contributed by atoms with Gasteiger partial charge in [-0.25, -0.2) is 0 Å². The second-order valence-corrected chi connectivity index (χ2v) is 12.9. The van der Waals surface area contributed by atoms with Crippen molar-refractivity contribution in [1.29, 1.82) is 0 Å². The fraction of sp³-hybridized carbons (Fsp3) is 0.571. The predicted molar refractivity (Wildman–Crippen MR) is 139 cm³/mol. The van der Waals surface area contributed by atoms with Gasteiger partial charge in [0.2, 0.25) is 0 Å². The first kappa shape index (κ1) is 26.7. The monoisotopic (exact) mass is 459 g/mol. The van der Waals surface area contributed by atoms with Crippen LogP contribution in [0.1, 0.15) is 98.1 Å². The molecule has 0 fully saturated rings. The molecule has 0 saturated heterocycles. The second-order valence-electron chi connectivity index (χ2n) is 10.9. The van der Waals surface area contributed by atoms with E-state index >= 15 is 0 Å². The fourth-order valence-corrected chi connectivity index (χ4v) is 5.31. The molecule has 0 aliphatic rings. The highest BCUT2D eigenvalue weighted by Gasteiger charge is 2.43. The van der Waals surface area contributed by atoms with Crippen LogP contribution in [0.2, 0.25) is 0 Å². The van der Waals surface area contributed by atoms with Gasteiger partial charge in [0.05, 0.1) is 0 Å². The zero-order valence-corrected chi connectivity index (χ0v) is 22.2. The quantitative estimate of drug-likeness (QED) is 0.269. The summed E-state index contributed by atoms with van der Waals surface area (Å²) in [6, 6.07) is 16.1. The Balaban J connectivity index is 2.13. The molecule has 1 N–H and O–H groups in total. The van der Waals surface area contributed by atoms with E-state index in [2.05, 4.69) is 72.7 Å². The van der Waals surface area contributed by atoms with E-state index in [9.17, 15) is 4.89 Å². The summed E-state index contributed by atoms with van der Waals surface area (Å²) < 4.78 is 12.3. The minimum Gasteiger partial charge on any atom is -0.278 e. The minimum atomic E-state index is -3.08. The molecule has 178 valence electrons. The Morgan fingerprint density at radius 2 is 1.00 bits per heavy atom. The summed E-state index contributed by atoms with van der Waals surface area (Å²) in [6.07, 6.45) is 7.45. The van der Waals surface area contributed by atoms with E-state index < -0.39 is 7.94 Å². The van der Waals surface area contributed by atoms with E-state index in [0.717, 1.165) is 12.8 Å². The molecule has 0 spiro atoms. The number of hydrogen-bond donors (Lipinski definition) is 1. The molecule has 32 heavy (non-hydrogen) atoms. The van der Waals surface area contributed by atoms with Crippen LogP contribution in [0.5, 0.6) is 11.5 Å². The Kier molecular flexibility index (Phi) is 9.61. The predicted octanol–water partition coefficient (Wildman–Crippen LogP) is 8.85. The van der Waals surface area contributed by atoms with E-state index in [4.69, 9.17) is 9.05 Å². The highest BCUT2D eigenvalue weighted by molar-refractivity contribution is 7.61. The van der Waals surface area contributed by atoms with Gasteiger partial charge in [0.1, 0.15) is 0 Å². The van der Waals surface area contributed by atoms with Crippen LogP contribution in [0.3, 0.4) is 0 Å². The van der Waals surface area contributed by atoms with Gasteiger partial charge in [-0.15, -0.1) is 0 Å². The summed E-state index contributed by atoms with van der Waals surface area (Å²) in [5, 5.41) is 0. The maximum absolute atomic E-state index is 11.4. The number of hydrogen-bond acceptors (Lipinski definition) is 3. The molecule has 4 heteroatoms. The van der Waals surface area contributed by atoms with Crippen LogP contribution in [0.4, 0.5) is 0 Å². The smallest absolute Gasteiger partial charge is 0.278 e. The molecule has 0 aliphatic carbocycles. The van der Waals surface area contributed by atoms with E-state index in [-0.39, 0.29) is 10.8 Å². The molecule has 0 atom stereocenters. The largest absolute Gasteiger partial charge is 0.495 e. The first-order valence-corrected chi connectivity index (χ1v) is 13.9. The summed E-state index contributed by atoms with van der Waals surface area (Å²) in [5.74, 6) is 1.32. The van der Waals surface area contributed by atoms with E-state index in [1.807, 2.05) is 24.3 Å². The fourth-order valence-electron chi connectivity index (χ4n) is 3.56. The zero-order chi connectivity index (χ0) is 23.8. The Morgan fingerprint density at radius 1 is 0.625 bits per heavy atom. The topological polar surface area (TPSA) is 38.7 Å². The lowest BCUT2D eigenvalue weighted by molar-refractivity contribution is 0.344. The van der Waals surface area contributed by atoms with Crippen molar-refractivity contribution in [2.24, 2.45) is 0 Å². The molecule has 0 bridgehead atoms. The lowest BCUT2D eigenvalue weighted by atomic mass is 9.87. The average Bonchev–Trinajstić information content (AvgIpc) is 2.70. The van der Waals surface area contributed by atoms with Crippen LogP contribution in [0, 0.1) is 0 Å². The molecular formula is C28H44O3P+. The summed E-state index contributed by atoms with van der Waals surface area (Å²) in [7, 11) is -3.08. The van der Waals surface area contributed by atoms with Gasteiger partial charge in [-0.05, 0) is 59.1 Å². The van der Waals surface area contributed by atoms with Gasteiger partial charge in [-0.1, -0.05) is 98.4 Å². The van der Waals surface area contributed by atoms with Crippen LogP contribution in [0.25, 0.3) is 0 Å². The van der Waals surface area contributed by atoms with Crippen LogP contribution >= 0.6 is 7.94 Å². The van der Waals surface area contributed by atoms with Gasteiger partial charge in [-0.3, -0.25) is 9.05 Å². The highest BCUT2D eigenvalue weighted by atomic mass is 31.2. The number of unbranched alkanes of at least 4 members (excludes halogenated alkanes) is 5. The number of rotatable bonds is 11. The van der Waals surface area contributed by atoms with E-state index in [1.54, 1.807) is 0 Å². The molecule has 3 nitrogen and oxygen atoms in total. The minimum absolute atomic E-state index is 0.0771. The molecule has 0 aliphatic heterocycles. The van der Waals surface area contributed by atoms with Crippen molar-refractivity contribution in [3.8, 4) is 11.5 Å². The molecule has 0 radical (unpaired) electrons. The van der Waals surface area contributed by atoms with Crippen molar-refractivity contribution in [2.75, 3.05) is 6.16 Å². The van der Waals surface area contributed by atoms with Gasteiger partial charge in [0, 0.05) is 0 Å². The van der Waals surface area contributed by atoms with Crippen molar-refractivity contribution in [3.63, 3.8) is 0 Å². The standard InChI is InChI=1S/C28H44O3P/c1-8-9-10-11-12-13-22-32(29,30-25-18-14-23(15-19-25)27(2,3)4)31-26-20-16-24(17-21-26)28(5,6)7/h14-21,29H,8-13,22H2,1-7H3/q+1. The Bertz CT molecular complexity index is 739. The van der Waals surface area contributed by atoms with Crippen LogP contribution in [0.15, 0.2) is 48.5 Å². The van der Waals surface area contributed by atoms with Gasteiger partial charge < -0.3 is 0 Å². The summed E-state index contributed by atoms with van der Waals surface area (Å²) >= 11 is 0. The van der Waals surface area contributed by atoms with Crippen molar-refractivity contribution in [3.05, 3.63) is 59.7 Å². The van der Waals surface area contributed by atoms with Gasteiger partial charge in [-0.2, -0.15) is 4.89 Å². The van der Waals surface area contributed by atoms with E-state index in [0.29, 0.717) is 17.7 Å². The maximum atomic E-state index is 11.4. The normalized spacial score (nSPS) is 12.6. The molecule has 0 unspecified atom stereocenters. The highest BCUT2D eigenvalue weighted by Crippen LogP contribution is 2.57. The van der Waals surface area contributed by atoms with Crippen molar-refractivity contribution >= 4 is 7.94 Å². The molecule has 0 aromatic heterocycles. The van der Waals surface area contributed by atoms with Crippen molar-refractivity contribution in [1.82, 2.24) is 0 Å². The molecular weight excluding hydrogens is 415 g/mol. The zero-order valence-electron chi connectivity index (χ0n) is 21.3. The average molecular weight is 460 g/mol. The third-order valence-corrected chi connectivity index (χ3v) is 7.60. The van der Waals surface area contributed by atoms with Crippen molar-refractivity contribution < 1.29 is 13.9 Å². The Labute approximate surface area is 197 Å². The molecule has 0 heterocycles. The second kappa shape index (κ2) is 11.5. The third kappa shape index (κ3) is 8.75. The maximum Gasteiger partial charge on any atom is 0.495 e. The van der Waals surface area contributed by atoms with Gasteiger partial charge >= 0.3 is 7.94 Å². The first-order valence-electron chi connectivity index (χ1n) is 12.1. The lowest BCUT2D eigenvalue weighted by Crippen LogP contribution is -2.14. The lowest BCUT2D eigenvalue weighted by Gasteiger charge is -2.21. The SMILES string of the molecule is CCCCCCCC[P+](O)(Oc1ccc(C(C)(C)C)cc1)Oc1ccc(C(C)(C)C)cc1. The van der Waals surface area contributed by atoms with Crippen LogP contribution in [-0.4, -0.2) is 11.1 Å². The molecule has 0 saturated carbocycles. The molecule has 2 aromatic rings. The number of benzene rings is 2. The van der Waals surface area contributed by atoms with Crippen LogP contribution in [-0.2, 0) is 10.8 Å². The van der Waals surface area contributed by atoms with Crippen molar-refractivity contribution in [2.45, 2.75) is 97.8 Å². The summed E-state index contributed by atoms with van der Waals surface area (Å²) in [6.45, 7) is 15.4. The van der Waals surface area contributed by atoms with Crippen LogP contribution < -0.4 is 9.05 Å². The Morgan fingerprint density at radius 3 is 1.38 bits per heavy atom. The molecule has 2 rings (SSSR count). The summed E-state index contributed by atoms with van der Waals surface area (Å²) in [5.41, 5.74) is 2.63. The first-order chi connectivity index (χ1) is 14.9. The van der Waals surface area contributed by atoms with Gasteiger partial charge in [0.15, 0.2) is 17.7 Å². The molecule has 0 amide bonds. The third-order valence-electron chi connectivity index (χ3n) is 5.73. The van der Waals surface area contributed by atoms with E-state index in [1.165, 1.54) is 36.8 Å². The Hall–Kier alpha value is -1.57. The van der Waals surface area contributed by atoms with Gasteiger partial charge in [0.25, 0.3) is 0 Å².